The number of pyridine rings is 2. The van der Waals surface area contributed by atoms with Crippen LogP contribution in [0, 0.1) is 0 Å². The first kappa shape index (κ1) is 25.5. The Bertz CT molecular complexity index is 1420. The fraction of sp³-hybridized carbons (Fsp3) is 0.379. The molecule has 9 heteroatoms. The number of carbonyl (C=O) groups is 1. The quantitative estimate of drug-likeness (QED) is 0.396. The van der Waals surface area contributed by atoms with Crippen molar-refractivity contribution in [3.8, 4) is 22.6 Å². The van der Waals surface area contributed by atoms with Crippen LogP contribution in [0.3, 0.4) is 0 Å². The molecule has 4 heterocycles. The summed E-state index contributed by atoms with van der Waals surface area (Å²) in [6.07, 6.45) is 3.02. The van der Waals surface area contributed by atoms with Crippen molar-refractivity contribution in [3.05, 3.63) is 60.8 Å². The summed E-state index contributed by atoms with van der Waals surface area (Å²) in [4.78, 5) is 29.0. The molecule has 3 aromatic heterocycles. The minimum Gasteiger partial charge on any atom is -0.444 e. The summed E-state index contributed by atoms with van der Waals surface area (Å²) in [6, 6.07) is 18.0. The predicted molar refractivity (Wildman–Crippen MR) is 150 cm³/mol. The number of anilines is 1. The Morgan fingerprint density at radius 3 is 2.45 bits per heavy atom. The number of imidazole rings is 1. The molecular formula is C29H35N7O2. The molecule has 0 bridgehead atoms. The van der Waals surface area contributed by atoms with Gasteiger partial charge in [0, 0.05) is 37.4 Å². The van der Waals surface area contributed by atoms with Gasteiger partial charge in [-0.25, -0.2) is 24.4 Å². The predicted octanol–water partition coefficient (Wildman–Crippen LogP) is 5.10. The van der Waals surface area contributed by atoms with Gasteiger partial charge in [0.25, 0.3) is 0 Å². The molecule has 1 aliphatic heterocycles. The molecule has 0 radical (unpaired) electrons. The SMILES string of the molecule is CCN(C(=O)OC(C)(C)C)C1CCN(n2c(-c3cccnc3N)nc3ccc(-c4ccccc4)nc32)CC1. The normalized spacial score (nSPS) is 14.6. The number of fused-ring (bicyclic) bond motifs is 1. The van der Waals surface area contributed by atoms with Crippen molar-refractivity contribution >= 4 is 23.1 Å². The topological polar surface area (TPSA) is 102 Å². The maximum Gasteiger partial charge on any atom is 0.410 e. The van der Waals surface area contributed by atoms with Gasteiger partial charge in [-0.15, -0.1) is 0 Å². The second kappa shape index (κ2) is 10.3. The third-order valence-electron chi connectivity index (χ3n) is 6.76. The number of carbonyl (C=O) groups excluding carboxylic acids is 1. The van der Waals surface area contributed by atoms with Crippen molar-refractivity contribution < 1.29 is 9.53 Å². The van der Waals surface area contributed by atoms with E-state index in [1.165, 1.54) is 0 Å². The van der Waals surface area contributed by atoms with Gasteiger partial charge in [0.05, 0.1) is 11.3 Å². The van der Waals surface area contributed by atoms with E-state index in [2.05, 4.69) is 26.8 Å². The number of hydrogen-bond acceptors (Lipinski definition) is 7. The van der Waals surface area contributed by atoms with E-state index in [9.17, 15) is 4.79 Å². The summed E-state index contributed by atoms with van der Waals surface area (Å²) >= 11 is 0. The van der Waals surface area contributed by atoms with E-state index in [-0.39, 0.29) is 12.1 Å². The van der Waals surface area contributed by atoms with Gasteiger partial charge in [-0.1, -0.05) is 30.3 Å². The van der Waals surface area contributed by atoms with Crippen LogP contribution in [0.2, 0.25) is 0 Å². The summed E-state index contributed by atoms with van der Waals surface area (Å²) in [6.45, 7) is 9.74. The van der Waals surface area contributed by atoms with Crippen LogP contribution in [0.25, 0.3) is 33.8 Å². The Balaban J connectivity index is 1.50. The zero-order valence-corrected chi connectivity index (χ0v) is 22.5. The van der Waals surface area contributed by atoms with Crippen LogP contribution in [0.5, 0.6) is 0 Å². The molecule has 2 N–H and O–H groups in total. The first-order valence-electron chi connectivity index (χ1n) is 13.2. The summed E-state index contributed by atoms with van der Waals surface area (Å²) in [5.74, 6) is 1.13. The molecule has 4 aromatic rings. The number of nitrogens with zero attached hydrogens (tertiary/aromatic N) is 6. The Morgan fingerprint density at radius 2 is 1.79 bits per heavy atom. The minimum atomic E-state index is -0.526. The maximum atomic E-state index is 12.9. The number of ether oxygens (including phenoxy) is 1. The van der Waals surface area contributed by atoms with Crippen LogP contribution in [-0.4, -0.2) is 61.9 Å². The first-order chi connectivity index (χ1) is 18.2. The lowest BCUT2D eigenvalue weighted by atomic mass is 10.0. The highest BCUT2D eigenvalue weighted by molar-refractivity contribution is 5.82. The monoisotopic (exact) mass is 513 g/mol. The molecule has 5 rings (SSSR count). The lowest BCUT2D eigenvalue weighted by molar-refractivity contribution is 0.0145. The molecule has 1 fully saturated rings. The highest BCUT2D eigenvalue weighted by Crippen LogP contribution is 2.30. The lowest BCUT2D eigenvalue weighted by Gasteiger charge is -2.40. The molecule has 1 aliphatic rings. The van der Waals surface area contributed by atoms with Crippen molar-refractivity contribution in [1.82, 2.24) is 24.5 Å². The van der Waals surface area contributed by atoms with Crippen molar-refractivity contribution in [2.45, 2.75) is 52.2 Å². The Kier molecular flexibility index (Phi) is 6.93. The number of hydrogen-bond donors (Lipinski definition) is 1. The number of benzene rings is 1. The standard InChI is InChI=1S/C29H35N7O2/c1-5-35(28(37)38-29(2,3)4)21-15-18-34(19-16-21)36-26(22-12-9-17-31-25(22)30)33-24-14-13-23(32-27(24)36)20-10-7-6-8-11-20/h6-14,17,21H,5,15-16,18-19H2,1-4H3,(H2,30,31). The highest BCUT2D eigenvalue weighted by atomic mass is 16.6. The number of nitrogens with two attached hydrogens (primary N) is 1. The van der Waals surface area contributed by atoms with E-state index in [4.69, 9.17) is 20.4 Å². The maximum absolute atomic E-state index is 12.9. The third kappa shape index (κ3) is 5.14. The summed E-state index contributed by atoms with van der Waals surface area (Å²) < 4.78 is 7.75. The largest absolute Gasteiger partial charge is 0.444 e. The summed E-state index contributed by atoms with van der Waals surface area (Å²) in [5.41, 5.74) is 10.0. The van der Waals surface area contributed by atoms with Crippen LogP contribution in [0.4, 0.5) is 10.6 Å². The van der Waals surface area contributed by atoms with E-state index >= 15 is 0 Å². The molecule has 1 saturated heterocycles. The Morgan fingerprint density at radius 1 is 1.05 bits per heavy atom. The van der Waals surface area contributed by atoms with Crippen LogP contribution in [0.1, 0.15) is 40.5 Å². The van der Waals surface area contributed by atoms with Crippen LogP contribution < -0.4 is 10.7 Å². The molecule has 1 aromatic carbocycles. The van der Waals surface area contributed by atoms with Gasteiger partial charge in [-0.3, -0.25) is 0 Å². The highest BCUT2D eigenvalue weighted by Gasteiger charge is 2.32. The van der Waals surface area contributed by atoms with Crippen LogP contribution >= 0.6 is 0 Å². The molecule has 0 saturated carbocycles. The fourth-order valence-corrected chi connectivity index (χ4v) is 4.99. The van der Waals surface area contributed by atoms with Crippen molar-refractivity contribution in [2.75, 3.05) is 30.4 Å². The molecule has 198 valence electrons. The summed E-state index contributed by atoms with van der Waals surface area (Å²) in [5, 5.41) is 2.25. The number of piperidine rings is 1. The van der Waals surface area contributed by atoms with Gasteiger partial charge >= 0.3 is 6.09 Å². The molecular weight excluding hydrogens is 478 g/mol. The molecule has 38 heavy (non-hydrogen) atoms. The average molecular weight is 514 g/mol. The van der Waals surface area contributed by atoms with Crippen LogP contribution in [-0.2, 0) is 4.74 Å². The first-order valence-corrected chi connectivity index (χ1v) is 13.2. The number of amides is 1. The van der Waals surface area contributed by atoms with Crippen molar-refractivity contribution in [3.63, 3.8) is 0 Å². The zero-order chi connectivity index (χ0) is 26.9. The van der Waals surface area contributed by atoms with Gasteiger partial charge in [-0.2, -0.15) is 0 Å². The second-order valence-corrected chi connectivity index (χ2v) is 10.5. The van der Waals surface area contributed by atoms with Crippen LogP contribution in [0.15, 0.2) is 60.8 Å². The number of nitrogen functional groups attached to an aromatic ring is 1. The summed E-state index contributed by atoms with van der Waals surface area (Å²) in [7, 11) is 0. The second-order valence-electron chi connectivity index (χ2n) is 10.5. The molecule has 0 spiro atoms. The van der Waals surface area contributed by atoms with Crippen molar-refractivity contribution in [1.29, 1.82) is 0 Å². The average Bonchev–Trinajstić information content (AvgIpc) is 3.28. The molecule has 0 aliphatic carbocycles. The zero-order valence-electron chi connectivity index (χ0n) is 22.5. The fourth-order valence-electron chi connectivity index (χ4n) is 4.99. The van der Waals surface area contributed by atoms with Crippen molar-refractivity contribution in [2.24, 2.45) is 0 Å². The number of aromatic nitrogens is 4. The molecule has 0 unspecified atom stereocenters. The molecule has 9 nitrogen and oxygen atoms in total. The van der Waals surface area contributed by atoms with Gasteiger partial charge < -0.3 is 20.4 Å². The smallest absolute Gasteiger partial charge is 0.410 e. The van der Waals surface area contributed by atoms with Gasteiger partial charge in [0.2, 0.25) is 0 Å². The lowest BCUT2D eigenvalue weighted by Crippen LogP contribution is -2.51. The van der Waals surface area contributed by atoms with E-state index in [1.54, 1.807) is 6.20 Å². The van der Waals surface area contributed by atoms with E-state index in [0.29, 0.717) is 18.2 Å². The third-order valence-corrected chi connectivity index (χ3v) is 6.76. The van der Waals surface area contributed by atoms with E-state index < -0.39 is 5.60 Å². The number of rotatable bonds is 5. The van der Waals surface area contributed by atoms with E-state index in [0.717, 1.165) is 53.9 Å². The Hall–Kier alpha value is -4.14. The van der Waals surface area contributed by atoms with Gasteiger partial charge in [-0.05, 0) is 64.8 Å². The van der Waals surface area contributed by atoms with E-state index in [1.807, 2.05) is 75.1 Å². The Labute approximate surface area is 223 Å². The van der Waals surface area contributed by atoms with Gasteiger partial charge in [0.15, 0.2) is 11.5 Å². The van der Waals surface area contributed by atoms with Gasteiger partial charge in [0.1, 0.15) is 16.9 Å². The molecule has 0 atom stereocenters. The molecule has 1 amide bonds. The minimum absolute atomic E-state index is 0.0978.